The predicted molar refractivity (Wildman–Crippen MR) is 96.7 cm³/mol. The molecule has 2 aromatic heterocycles. The van der Waals surface area contributed by atoms with Gasteiger partial charge < -0.3 is 10.2 Å². The number of carbonyl (C=O) groups excluding carboxylic acids is 1. The van der Waals surface area contributed by atoms with E-state index in [1.165, 1.54) is 16.9 Å². The second-order valence-electron chi connectivity index (χ2n) is 6.75. The molecular weight excluding hydrogens is 335 g/mol. The molecule has 8 heteroatoms. The lowest BCUT2D eigenvalue weighted by molar-refractivity contribution is 0.102. The monoisotopic (exact) mass is 354 g/mol. The van der Waals surface area contributed by atoms with Gasteiger partial charge in [0.25, 0.3) is 5.91 Å². The molecule has 1 N–H and O–H groups in total. The minimum Gasteiger partial charge on any atom is -0.355 e. The Bertz CT molecular complexity index is 968. The van der Waals surface area contributed by atoms with Crippen LogP contribution in [0.3, 0.4) is 0 Å². The summed E-state index contributed by atoms with van der Waals surface area (Å²) in [6, 6.07) is 2.93. The highest BCUT2D eigenvalue weighted by Gasteiger charge is 2.20. The molecule has 0 spiro atoms. The molecule has 0 saturated carbocycles. The van der Waals surface area contributed by atoms with E-state index in [0.29, 0.717) is 17.0 Å². The fourth-order valence-corrected chi connectivity index (χ4v) is 3.22. The number of benzene rings is 1. The predicted octanol–water partition coefficient (Wildman–Crippen LogP) is 2.60. The zero-order valence-electron chi connectivity index (χ0n) is 14.6. The van der Waals surface area contributed by atoms with Gasteiger partial charge in [-0.3, -0.25) is 9.48 Å². The molecule has 1 aromatic carbocycles. The number of rotatable bonds is 3. The Balaban J connectivity index is 1.51. The number of carbonyl (C=O) groups is 1. The highest BCUT2D eigenvalue weighted by Crippen LogP contribution is 2.23. The molecule has 7 nitrogen and oxygen atoms in total. The zero-order valence-corrected chi connectivity index (χ0v) is 14.6. The van der Waals surface area contributed by atoms with Crippen LogP contribution >= 0.6 is 0 Å². The van der Waals surface area contributed by atoms with Gasteiger partial charge in [-0.05, 0) is 24.5 Å². The van der Waals surface area contributed by atoms with Crippen molar-refractivity contribution < 1.29 is 9.18 Å². The smallest absolute Gasteiger partial charge is 0.275 e. The minimum absolute atomic E-state index is 0.188. The van der Waals surface area contributed by atoms with Gasteiger partial charge >= 0.3 is 0 Å². The lowest BCUT2D eigenvalue weighted by Gasteiger charge is -2.16. The van der Waals surface area contributed by atoms with E-state index in [1.54, 1.807) is 25.5 Å². The maximum Gasteiger partial charge on any atom is 0.275 e. The molecule has 3 heterocycles. The van der Waals surface area contributed by atoms with Crippen LogP contribution in [0.15, 0.2) is 30.7 Å². The summed E-state index contributed by atoms with van der Waals surface area (Å²) in [6.45, 7) is 4.10. The number of hydrogen-bond acceptors (Lipinski definition) is 5. The normalized spacial score (nSPS) is 17.0. The van der Waals surface area contributed by atoms with Crippen LogP contribution in [0.25, 0.3) is 10.9 Å². The van der Waals surface area contributed by atoms with Crippen molar-refractivity contribution in [2.75, 3.05) is 23.3 Å². The third kappa shape index (κ3) is 3.10. The first-order valence-corrected chi connectivity index (χ1v) is 8.51. The van der Waals surface area contributed by atoms with Crippen LogP contribution in [0.2, 0.25) is 0 Å². The van der Waals surface area contributed by atoms with E-state index in [-0.39, 0.29) is 11.2 Å². The van der Waals surface area contributed by atoms with Gasteiger partial charge in [0.05, 0.1) is 12.4 Å². The molecule has 1 atom stereocenters. The van der Waals surface area contributed by atoms with Gasteiger partial charge in [0.1, 0.15) is 17.0 Å². The topological polar surface area (TPSA) is 75.9 Å². The molecule has 0 radical (unpaired) electrons. The number of aryl methyl sites for hydroxylation is 1. The SMILES string of the molecule is C[C@@H]1CCN(c2cnc(C(=O)Nc3cc(F)c4nn(C)cc4c3)cn2)C1. The minimum atomic E-state index is -0.483. The molecule has 1 saturated heterocycles. The average molecular weight is 354 g/mol. The van der Waals surface area contributed by atoms with Crippen molar-refractivity contribution in [3.8, 4) is 0 Å². The Hall–Kier alpha value is -3.03. The summed E-state index contributed by atoms with van der Waals surface area (Å²) in [5.74, 6) is 0.496. The van der Waals surface area contributed by atoms with Crippen molar-refractivity contribution in [2.45, 2.75) is 13.3 Å². The maximum absolute atomic E-state index is 14.1. The van der Waals surface area contributed by atoms with Crippen LogP contribution in [0.1, 0.15) is 23.8 Å². The number of fused-ring (bicyclic) bond motifs is 1. The van der Waals surface area contributed by atoms with Crippen molar-refractivity contribution in [1.82, 2.24) is 19.7 Å². The summed E-state index contributed by atoms with van der Waals surface area (Å²) in [4.78, 5) is 23.1. The largest absolute Gasteiger partial charge is 0.355 e. The number of nitrogens with one attached hydrogen (secondary N) is 1. The zero-order chi connectivity index (χ0) is 18.3. The summed E-state index contributed by atoms with van der Waals surface area (Å²) in [7, 11) is 1.72. The van der Waals surface area contributed by atoms with Crippen LogP contribution in [0.4, 0.5) is 15.9 Å². The number of anilines is 2. The third-order valence-corrected chi connectivity index (χ3v) is 4.55. The third-order valence-electron chi connectivity index (χ3n) is 4.55. The van der Waals surface area contributed by atoms with Crippen molar-refractivity contribution >= 4 is 28.3 Å². The van der Waals surface area contributed by atoms with E-state index >= 15 is 0 Å². The van der Waals surface area contributed by atoms with Gasteiger partial charge in [0.2, 0.25) is 0 Å². The summed E-state index contributed by atoms with van der Waals surface area (Å²) in [6.07, 6.45) is 5.89. The number of aromatic nitrogens is 4. The second kappa shape index (κ2) is 6.36. The quantitative estimate of drug-likeness (QED) is 0.782. The maximum atomic E-state index is 14.1. The van der Waals surface area contributed by atoms with Gasteiger partial charge in [-0.1, -0.05) is 6.92 Å². The molecular formula is C18H19FN6O. The first-order chi connectivity index (χ1) is 12.5. The summed E-state index contributed by atoms with van der Waals surface area (Å²) in [5.41, 5.74) is 0.814. The molecule has 134 valence electrons. The molecule has 1 amide bonds. The van der Waals surface area contributed by atoms with E-state index in [2.05, 4.69) is 32.2 Å². The van der Waals surface area contributed by atoms with Crippen LogP contribution in [0.5, 0.6) is 0 Å². The molecule has 4 rings (SSSR count). The standard InChI is InChI=1S/C18H19FN6O/c1-11-3-4-25(9-11)16-8-20-15(7-21-16)18(26)22-13-5-12-10-24(2)23-17(12)14(19)6-13/h5-8,10-11H,3-4,9H2,1-2H3,(H,22,26)/t11-/m1/s1. The molecule has 1 aliphatic rings. The molecule has 1 aliphatic heterocycles. The van der Waals surface area contributed by atoms with Gasteiger partial charge in [-0.25, -0.2) is 14.4 Å². The van der Waals surface area contributed by atoms with Crippen LogP contribution in [0, 0.1) is 11.7 Å². The average Bonchev–Trinajstić information content (AvgIpc) is 3.20. The highest BCUT2D eigenvalue weighted by atomic mass is 19.1. The van der Waals surface area contributed by atoms with Crippen molar-refractivity contribution in [3.05, 3.63) is 42.2 Å². The van der Waals surface area contributed by atoms with Crippen molar-refractivity contribution in [3.63, 3.8) is 0 Å². The lowest BCUT2D eigenvalue weighted by Crippen LogP contribution is -2.21. The van der Waals surface area contributed by atoms with E-state index in [1.807, 2.05) is 0 Å². The summed E-state index contributed by atoms with van der Waals surface area (Å²) in [5, 5.41) is 7.33. The Morgan fingerprint density at radius 1 is 1.31 bits per heavy atom. The van der Waals surface area contributed by atoms with Gasteiger partial charge in [-0.2, -0.15) is 5.10 Å². The van der Waals surface area contributed by atoms with Gasteiger partial charge in [0.15, 0.2) is 5.82 Å². The molecule has 26 heavy (non-hydrogen) atoms. The Morgan fingerprint density at radius 3 is 2.85 bits per heavy atom. The molecule has 0 bridgehead atoms. The first kappa shape index (κ1) is 16.4. The van der Waals surface area contributed by atoms with E-state index in [9.17, 15) is 9.18 Å². The van der Waals surface area contributed by atoms with E-state index in [0.717, 1.165) is 25.3 Å². The summed E-state index contributed by atoms with van der Waals surface area (Å²) < 4.78 is 15.6. The Morgan fingerprint density at radius 2 is 2.15 bits per heavy atom. The Labute approximate surface area is 149 Å². The fraction of sp³-hybridized carbons (Fsp3) is 0.333. The fourth-order valence-electron chi connectivity index (χ4n) is 3.22. The van der Waals surface area contributed by atoms with Crippen LogP contribution in [-0.2, 0) is 7.05 Å². The van der Waals surface area contributed by atoms with Gasteiger partial charge in [-0.15, -0.1) is 0 Å². The van der Waals surface area contributed by atoms with E-state index < -0.39 is 11.7 Å². The van der Waals surface area contributed by atoms with Crippen LogP contribution in [-0.4, -0.2) is 38.7 Å². The second-order valence-corrected chi connectivity index (χ2v) is 6.75. The highest BCUT2D eigenvalue weighted by molar-refractivity contribution is 6.03. The molecule has 1 fully saturated rings. The van der Waals surface area contributed by atoms with Gasteiger partial charge in [0, 0.05) is 37.4 Å². The number of nitrogens with zero attached hydrogens (tertiary/aromatic N) is 5. The first-order valence-electron chi connectivity index (χ1n) is 8.51. The van der Waals surface area contributed by atoms with Crippen molar-refractivity contribution in [2.24, 2.45) is 13.0 Å². The van der Waals surface area contributed by atoms with Crippen LogP contribution < -0.4 is 10.2 Å². The summed E-state index contributed by atoms with van der Waals surface area (Å²) >= 11 is 0. The Kier molecular flexibility index (Phi) is 4.02. The molecule has 0 aliphatic carbocycles. The van der Waals surface area contributed by atoms with E-state index in [4.69, 9.17) is 0 Å². The number of halogens is 1. The number of amides is 1. The van der Waals surface area contributed by atoms with Crippen molar-refractivity contribution in [1.29, 1.82) is 0 Å². The lowest BCUT2D eigenvalue weighted by atomic mass is 10.2. The molecule has 3 aromatic rings. The molecule has 0 unspecified atom stereocenters. The number of hydrogen-bond donors (Lipinski definition) is 1.